The molecule has 1 aliphatic heterocycles. The molecule has 0 aromatic heterocycles. The summed E-state index contributed by atoms with van der Waals surface area (Å²) < 4.78 is 25.0. The van der Waals surface area contributed by atoms with Gasteiger partial charge in [0.15, 0.2) is 11.5 Å². The predicted molar refractivity (Wildman–Crippen MR) is 136 cm³/mol. The lowest BCUT2D eigenvalue weighted by molar-refractivity contribution is -0.127. The van der Waals surface area contributed by atoms with E-state index in [1.165, 1.54) is 13.2 Å². The number of nitrogens with zero attached hydrogens (tertiary/aromatic N) is 1. The standard InChI is InChI=1S/C27H23FN2O5S/c1-17-6-5-8-20(12-17)29-25(31)15-30-26(32)24(36-27(30)33)14-18-10-11-22(23(13-18)34-2)35-16-19-7-3-4-9-21(19)28/h3-14H,15-16H2,1-2H3,(H,29,31)/b24-14+. The molecule has 0 unspecified atom stereocenters. The number of thioether (sulfide) groups is 1. The molecule has 0 aliphatic carbocycles. The summed E-state index contributed by atoms with van der Waals surface area (Å²) in [5, 5.41) is 2.17. The quantitative estimate of drug-likeness (QED) is 0.412. The van der Waals surface area contributed by atoms with Gasteiger partial charge in [0.25, 0.3) is 11.1 Å². The average molecular weight is 507 g/mol. The molecular formula is C27H23FN2O5S. The number of amides is 3. The molecule has 1 heterocycles. The number of carbonyl (C=O) groups excluding carboxylic acids is 3. The fourth-order valence-corrected chi connectivity index (χ4v) is 4.36. The van der Waals surface area contributed by atoms with Gasteiger partial charge in [-0.25, -0.2) is 4.39 Å². The van der Waals surface area contributed by atoms with Crippen molar-refractivity contribution >= 4 is 40.6 Å². The van der Waals surface area contributed by atoms with E-state index in [-0.39, 0.29) is 23.9 Å². The van der Waals surface area contributed by atoms with Crippen LogP contribution in [0, 0.1) is 12.7 Å². The molecule has 3 aromatic carbocycles. The van der Waals surface area contributed by atoms with Crippen molar-refractivity contribution in [2.24, 2.45) is 0 Å². The molecule has 4 rings (SSSR count). The number of aryl methyl sites for hydroxylation is 1. The number of carbonyl (C=O) groups is 3. The summed E-state index contributed by atoms with van der Waals surface area (Å²) in [6.07, 6.45) is 1.55. The number of rotatable bonds is 8. The van der Waals surface area contributed by atoms with Gasteiger partial charge < -0.3 is 14.8 Å². The van der Waals surface area contributed by atoms with Crippen LogP contribution in [0.2, 0.25) is 0 Å². The second-order valence-electron chi connectivity index (χ2n) is 7.98. The molecule has 1 aliphatic rings. The van der Waals surface area contributed by atoms with Gasteiger partial charge in [-0.3, -0.25) is 19.3 Å². The van der Waals surface area contributed by atoms with Crippen molar-refractivity contribution in [3.8, 4) is 11.5 Å². The van der Waals surface area contributed by atoms with Crippen molar-refractivity contribution in [1.82, 2.24) is 4.90 Å². The maximum Gasteiger partial charge on any atom is 0.294 e. The fourth-order valence-electron chi connectivity index (χ4n) is 3.52. The van der Waals surface area contributed by atoms with Gasteiger partial charge in [-0.05, 0) is 66.2 Å². The minimum Gasteiger partial charge on any atom is -0.493 e. The van der Waals surface area contributed by atoms with E-state index in [1.807, 2.05) is 13.0 Å². The van der Waals surface area contributed by atoms with Crippen molar-refractivity contribution in [3.63, 3.8) is 0 Å². The highest BCUT2D eigenvalue weighted by Gasteiger charge is 2.36. The third kappa shape index (κ3) is 5.92. The Kier molecular flexibility index (Phi) is 7.70. The van der Waals surface area contributed by atoms with Crippen LogP contribution < -0.4 is 14.8 Å². The van der Waals surface area contributed by atoms with Crippen LogP contribution in [0.15, 0.2) is 71.6 Å². The summed E-state index contributed by atoms with van der Waals surface area (Å²) in [5.41, 5.74) is 2.57. The summed E-state index contributed by atoms with van der Waals surface area (Å²) >= 11 is 0.759. The maximum atomic E-state index is 13.9. The Morgan fingerprint density at radius 3 is 2.61 bits per heavy atom. The normalized spacial score (nSPS) is 14.3. The topological polar surface area (TPSA) is 84.9 Å². The van der Waals surface area contributed by atoms with Gasteiger partial charge >= 0.3 is 0 Å². The number of halogens is 1. The van der Waals surface area contributed by atoms with Crippen molar-refractivity contribution in [2.45, 2.75) is 13.5 Å². The minimum atomic E-state index is -0.553. The Labute approximate surface area is 211 Å². The maximum absolute atomic E-state index is 13.9. The van der Waals surface area contributed by atoms with Crippen molar-refractivity contribution < 1.29 is 28.2 Å². The Balaban J connectivity index is 1.43. The van der Waals surface area contributed by atoms with Crippen molar-refractivity contribution in [2.75, 3.05) is 19.0 Å². The number of nitrogens with one attached hydrogen (secondary N) is 1. The van der Waals surface area contributed by atoms with Crippen LogP contribution in [-0.2, 0) is 16.2 Å². The van der Waals surface area contributed by atoms with E-state index in [4.69, 9.17) is 9.47 Å². The Morgan fingerprint density at radius 1 is 1.06 bits per heavy atom. The number of hydrogen-bond donors (Lipinski definition) is 1. The number of ether oxygens (including phenoxy) is 2. The first-order valence-electron chi connectivity index (χ1n) is 11.0. The minimum absolute atomic E-state index is 0.0197. The summed E-state index contributed by atoms with van der Waals surface area (Å²) in [4.78, 5) is 38.7. The van der Waals surface area contributed by atoms with Crippen molar-refractivity contribution in [1.29, 1.82) is 0 Å². The van der Waals surface area contributed by atoms with E-state index in [0.717, 1.165) is 22.2 Å². The zero-order valence-corrected chi connectivity index (χ0v) is 20.4. The van der Waals surface area contributed by atoms with Crippen LogP contribution in [0.1, 0.15) is 16.7 Å². The second kappa shape index (κ2) is 11.1. The van der Waals surface area contributed by atoms with Gasteiger partial charge in [0.2, 0.25) is 5.91 Å². The number of methoxy groups -OCH3 is 1. The summed E-state index contributed by atoms with van der Waals surface area (Å²) in [7, 11) is 1.47. The lowest BCUT2D eigenvalue weighted by Gasteiger charge is -2.13. The molecular weight excluding hydrogens is 483 g/mol. The first-order chi connectivity index (χ1) is 17.3. The lowest BCUT2D eigenvalue weighted by Crippen LogP contribution is -2.36. The third-order valence-corrected chi connectivity index (χ3v) is 6.21. The molecule has 3 amide bonds. The molecule has 7 nitrogen and oxygen atoms in total. The summed E-state index contributed by atoms with van der Waals surface area (Å²) in [6.45, 7) is 1.53. The van der Waals surface area contributed by atoms with Gasteiger partial charge in [0.05, 0.1) is 12.0 Å². The molecule has 0 spiro atoms. The van der Waals surface area contributed by atoms with Crippen LogP contribution >= 0.6 is 11.8 Å². The van der Waals surface area contributed by atoms with E-state index < -0.39 is 17.1 Å². The number of hydrogen-bond acceptors (Lipinski definition) is 6. The molecule has 0 atom stereocenters. The molecule has 9 heteroatoms. The molecule has 0 saturated carbocycles. The Bertz CT molecular complexity index is 1360. The average Bonchev–Trinajstić information content (AvgIpc) is 3.11. The highest BCUT2D eigenvalue weighted by Crippen LogP contribution is 2.35. The van der Waals surface area contributed by atoms with Crippen molar-refractivity contribution in [3.05, 3.63) is 94.1 Å². The lowest BCUT2D eigenvalue weighted by atomic mass is 10.1. The van der Waals surface area contributed by atoms with Gasteiger partial charge in [-0.15, -0.1) is 0 Å². The zero-order valence-electron chi connectivity index (χ0n) is 19.6. The van der Waals surface area contributed by atoms with E-state index in [9.17, 15) is 18.8 Å². The van der Waals surface area contributed by atoms with Crippen LogP contribution in [0.25, 0.3) is 6.08 Å². The van der Waals surface area contributed by atoms with Gasteiger partial charge in [-0.1, -0.05) is 36.4 Å². The van der Waals surface area contributed by atoms with Crippen LogP contribution in [0.3, 0.4) is 0 Å². The van der Waals surface area contributed by atoms with Gasteiger partial charge in [0, 0.05) is 11.3 Å². The van der Waals surface area contributed by atoms with Gasteiger partial charge in [-0.2, -0.15) is 0 Å². The Morgan fingerprint density at radius 2 is 1.86 bits per heavy atom. The van der Waals surface area contributed by atoms with Crippen LogP contribution in [0.4, 0.5) is 14.9 Å². The highest BCUT2D eigenvalue weighted by atomic mass is 32.2. The molecule has 0 bridgehead atoms. The molecule has 184 valence electrons. The van der Waals surface area contributed by atoms with Gasteiger partial charge in [0.1, 0.15) is 19.0 Å². The molecule has 0 radical (unpaired) electrons. The monoisotopic (exact) mass is 506 g/mol. The fraction of sp³-hybridized carbons (Fsp3) is 0.148. The smallest absolute Gasteiger partial charge is 0.294 e. The number of anilines is 1. The number of imide groups is 1. The Hall–Kier alpha value is -4.11. The SMILES string of the molecule is COc1cc(/C=C2/SC(=O)N(CC(=O)Nc3cccc(C)c3)C2=O)ccc1OCc1ccccc1F. The molecule has 3 aromatic rings. The third-order valence-electron chi connectivity index (χ3n) is 5.30. The van der Waals surface area contributed by atoms with E-state index in [2.05, 4.69) is 5.32 Å². The first-order valence-corrected chi connectivity index (χ1v) is 11.8. The molecule has 1 saturated heterocycles. The highest BCUT2D eigenvalue weighted by molar-refractivity contribution is 8.18. The van der Waals surface area contributed by atoms with E-state index >= 15 is 0 Å². The molecule has 1 N–H and O–H groups in total. The first kappa shape index (κ1) is 25.0. The molecule has 36 heavy (non-hydrogen) atoms. The predicted octanol–water partition coefficient (Wildman–Crippen LogP) is 5.40. The largest absolute Gasteiger partial charge is 0.493 e. The van der Waals surface area contributed by atoms with E-state index in [0.29, 0.717) is 28.3 Å². The second-order valence-corrected chi connectivity index (χ2v) is 8.97. The number of benzene rings is 3. The summed E-state index contributed by atoms with van der Waals surface area (Å²) in [5.74, 6) is -0.600. The van der Waals surface area contributed by atoms with Crippen LogP contribution in [0.5, 0.6) is 11.5 Å². The molecule has 1 fully saturated rings. The van der Waals surface area contributed by atoms with Crippen LogP contribution in [-0.4, -0.2) is 35.6 Å². The van der Waals surface area contributed by atoms with E-state index in [1.54, 1.807) is 60.7 Å². The zero-order chi connectivity index (χ0) is 25.7. The summed E-state index contributed by atoms with van der Waals surface area (Å²) in [6, 6.07) is 18.5.